The summed E-state index contributed by atoms with van der Waals surface area (Å²) in [5.74, 6) is 0.947. The van der Waals surface area contributed by atoms with Crippen LogP contribution < -0.4 is 5.32 Å². The number of piperazine rings is 1. The van der Waals surface area contributed by atoms with Crippen LogP contribution in [0.25, 0.3) is 0 Å². The van der Waals surface area contributed by atoms with E-state index in [0.29, 0.717) is 12.1 Å². The molecule has 2 nitrogen and oxygen atoms in total. The van der Waals surface area contributed by atoms with Crippen molar-refractivity contribution in [3.8, 4) is 0 Å². The minimum Gasteiger partial charge on any atom is -0.311 e. The highest BCUT2D eigenvalue weighted by Crippen LogP contribution is 2.36. The topological polar surface area (TPSA) is 15.3 Å². The number of hydrogen-bond donors (Lipinski definition) is 1. The minimum atomic E-state index is 0.583. The van der Waals surface area contributed by atoms with E-state index in [0.717, 1.165) is 18.5 Å². The Kier molecular flexibility index (Phi) is 3.90. The molecule has 19 heavy (non-hydrogen) atoms. The molecule has 2 fully saturated rings. The van der Waals surface area contributed by atoms with Gasteiger partial charge in [0.15, 0.2) is 0 Å². The molecule has 0 amide bonds. The normalized spacial score (nSPS) is 30.2. The summed E-state index contributed by atoms with van der Waals surface area (Å²) in [4.78, 5) is 2.73. The summed E-state index contributed by atoms with van der Waals surface area (Å²) < 4.78 is 0. The molecule has 1 aromatic carbocycles. The molecule has 1 saturated heterocycles. The molecule has 0 bridgehead atoms. The molecule has 1 heterocycles. The third kappa shape index (κ3) is 2.85. The zero-order chi connectivity index (χ0) is 13.2. The Labute approximate surface area is 117 Å². The highest BCUT2D eigenvalue weighted by Gasteiger charge is 2.38. The van der Waals surface area contributed by atoms with E-state index in [1.807, 2.05) is 0 Å². The van der Waals surface area contributed by atoms with Crippen molar-refractivity contribution in [2.24, 2.45) is 5.92 Å². The first-order chi connectivity index (χ1) is 9.29. The van der Waals surface area contributed by atoms with Gasteiger partial charge in [0.1, 0.15) is 0 Å². The lowest BCUT2D eigenvalue weighted by Crippen LogP contribution is -2.56. The SMILES string of the molecule is CCC(c1ccccc1)N1CC(C2CC2)NCC1C. The van der Waals surface area contributed by atoms with Gasteiger partial charge in [0.05, 0.1) is 0 Å². The van der Waals surface area contributed by atoms with Gasteiger partial charge in [0.25, 0.3) is 0 Å². The van der Waals surface area contributed by atoms with Gasteiger partial charge < -0.3 is 5.32 Å². The summed E-state index contributed by atoms with van der Waals surface area (Å²) in [5, 5.41) is 3.75. The number of benzene rings is 1. The number of rotatable bonds is 4. The molecular weight excluding hydrogens is 232 g/mol. The molecule has 104 valence electrons. The van der Waals surface area contributed by atoms with Gasteiger partial charge in [0.2, 0.25) is 0 Å². The van der Waals surface area contributed by atoms with Gasteiger partial charge in [-0.25, -0.2) is 0 Å². The fourth-order valence-electron chi connectivity index (χ4n) is 3.50. The molecule has 3 atom stereocenters. The average molecular weight is 258 g/mol. The first-order valence-corrected chi connectivity index (χ1v) is 7.83. The van der Waals surface area contributed by atoms with Crippen LogP contribution in [0.4, 0.5) is 0 Å². The summed E-state index contributed by atoms with van der Waals surface area (Å²) in [6.45, 7) is 7.05. The lowest BCUT2D eigenvalue weighted by Gasteiger charge is -2.43. The predicted octanol–water partition coefficient (Wildman–Crippen LogP) is 3.21. The zero-order valence-electron chi connectivity index (χ0n) is 12.2. The van der Waals surface area contributed by atoms with Gasteiger partial charge in [-0.2, -0.15) is 0 Å². The van der Waals surface area contributed by atoms with E-state index in [4.69, 9.17) is 0 Å². The largest absolute Gasteiger partial charge is 0.311 e. The molecule has 1 aliphatic heterocycles. The molecule has 2 heteroatoms. The fourth-order valence-corrected chi connectivity index (χ4v) is 3.50. The van der Waals surface area contributed by atoms with Crippen molar-refractivity contribution in [2.75, 3.05) is 13.1 Å². The molecule has 0 spiro atoms. The quantitative estimate of drug-likeness (QED) is 0.892. The molecule has 1 aliphatic carbocycles. The lowest BCUT2D eigenvalue weighted by atomic mass is 9.97. The molecule has 1 N–H and O–H groups in total. The Morgan fingerprint density at radius 1 is 1.26 bits per heavy atom. The number of nitrogens with one attached hydrogen (secondary N) is 1. The maximum atomic E-state index is 3.75. The van der Waals surface area contributed by atoms with Crippen molar-refractivity contribution in [1.29, 1.82) is 0 Å². The van der Waals surface area contributed by atoms with Gasteiger partial charge in [-0.1, -0.05) is 37.3 Å². The summed E-state index contributed by atoms with van der Waals surface area (Å²) in [6, 6.07) is 13.0. The van der Waals surface area contributed by atoms with Crippen LogP contribution in [0.5, 0.6) is 0 Å². The number of hydrogen-bond acceptors (Lipinski definition) is 2. The van der Waals surface area contributed by atoms with Crippen LogP contribution >= 0.6 is 0 Å². The van der Waals surface area contributed by atoms with E-state index in [2.05, 4.69) is 54.4 Å². The first kappa shape index (κ1) is 13.1. The van der Waals surface area contributed by atoms with E-state index < -0.39 is 0 Å². The molecule has 3 rings (SSSR count). The van der Waals surface area contributed by atoms with E-state index in [9.17, 15) is 0 Å². The van der Waals surface area contributed by atoms with Crippen molar-refractivity contribution in [1.82, 2.24) is 10.2 Å². The van der Waals surface area contributed by atoms with Gasteiger partial charge >= 0.3 is 0 Å². The van der Waals surface area contributed by atoms with Crippen LogP contribution in [0.2, 0.25) is 0 Å². The molecule has 0 radical (unpaired) electrons. The summed E-state index contributed by atoms with van der Waals surface area (Å²) in [6.07, 6.45) is 4.07. The van der Waals surface area contributed by atoms with E-state index >= 15 is 0 Å². The van der Waals surface area contributed by atoms with Crippen LogP contribution in [-0.2, 0) is 0 Å². The van der Waals surface area contributed by atoms with Crippen LogP contribution in [0.3, 0.4) is 0 Å². The van der Waals surface area contributed by atoms with Crippen molar-refractivity contribution in [3.05, 3.63) is 35.9 Å². The van der Waals surface area contributed by atoms with Crippen molar-refractivity contribution >= 4 is 0 Å². The molecule has 0 aromatic heterocycles. The predicted molar refractivity (Wildman–Crippen MR) is 80.2 cm³/mol. The second-order valence-electron chi connectivity index (χ2n) is 6.23. The maximum Gasteiger partial charge on any atom is 0.0349 e. The van der Waals surface area contributed by atoms with E-state index in [1.54, 1.807) is 0 Å². The van der Waals surface area contributed by atoms with E-state index in [-0.39, 0.29) is 0 Å². The van der Waals surface area contributed by atoms with Gasteiger partial charge in [0, 0.05) is 31.2 Å². The van der Waals surface area contributed by atoms with Crippen molar-refractivity contribution in [3.63, 3.8) is 0 Å². The average Bonchev–Trinajstić information content (AvgIpc) is 3.27. The zero-order valence-corrected chi connectivity index (χ0v) is 12.2. The third-order valence-corrected chi connectivity index (χ3v) is 4.81. The molecule has 1 aromatic rings. The molecule has 3 unspecified atom stereocenters. The summed E-state index contributed by atoms with van der Waals surface area (Å²) >= 11 is 0. The third-order valence-electron chi connectivity index (χ3n) is 4.81. The highest BCUT2D eigenvalue weighted by atomic mass is 15.3. The van der Waals surface area contributed by atoms with E-state index in [1.165, 1.54) is 31.4 Å². The Bertz CT molecular complexity index is 399. The second-order valence-corrected chi connectivity index (χ2v) is 6.23. The van der Waals surface area contributed by atoms with Crippen LogP contribution in [-0.4, -0.2) is 30.1 Å². The van der Waals surface area contributed by atoms with Crippen LogP contribution in [0, 0.1) is 5.92 Å². The first-order valence-electron chi connectivity index (χ1n) is 7.83. The van der Waals surface area contributed by atoms with Crippen molar-refractivity contribution < 1.29 is 0 Å². The minimum absolute atomic E-state index is 0.583. The second kappa shape index (κ2) is 5.64. The Morgan fingerprint density at radius 3 is 2.63 bits per heavy atom. The summed E-state index contributed by atoms with van der Waals surface area (Å²) in [7, 11) is 0. The smallest absolute Gasteiger partial charge is 0.0349 e. The Hall–Kier alpha value is -0.860. The monoisotopic (exact) mass is 258 g/mol. The standard InChI is InChI=1S/C17H26N2/c1-3-17(15-7-5-4-6-8-15)19-12-16(14-9-10-14)18-11-13(19)2/h4-8,13-14,16-18H,3,9-12H2,1-2H3. The Balaban J connectivity index is 1.76. The molecule has 2 aliphatic rings. The van der Waals surface area contributed by atoms with Crippen LogP contribution in [0.15, 0.2) is 30.3 Å². The number of nitrogens with zero attached hydrogens (tertiary/aromatic N) is 1. The molecular formula is C17H26N2. The van der Waals surface area contributed by atoms with Crippen LogP contribution in [0.1, 0.15) is 44.7 Å². The lowest BCUT2D eigenvalue weighted by molar-refractivity contribution is 0.0820. The van der Waals surface area contributed by atoms with Gasteiger partial charge in [-0.15, -0.1) is 0 Å². The fraction of sp³-hybridized carbons (Fsp3) is 0.647. The Morgan fingerprint density at radius 2 is 2.00 bits per heavy atom. The van der Waals surface area contributed by atoms with Gasteiger partial charge in [-0.3, -0.25) is 4.90 Å². The maximum absolute atomic E-state index is 3.75. The van der Waals surface area contributed by atoms with Gasteiger partial charge in [-0.05, 0) is 37.7 Å². The molecule has 1 saturated carbocycles. The summed E-state index contributed by atoms with van der Waals surface area (Å²) in [5.41, 5.74) is 1.48. The van der Waals surface area contributed by atoms with Crippen molar-refractivity contribution in [2.45, 2.75) is 51.2 Å². The highest BCUT2D eigenvalue weighted by molar-refractivity contribution is 5.19.